The first-order chi connectivity index (χ1) is 18.5. The largest absolute Gasteiger partial charge is 0.496 e. The number of hydrogen-bond donors (Lipinski definition) is 1. The Morgan fingerprint density at radius 3 is 2.32 bits per heavy atom. The number of hydrogen-bond acceptors (Lipinski definition) is 6. The van der Waals surface area contributed by atoms with Crippen molar-refractivity contribution < 1.29 is 23.7 Å². The number of ether oxygens (including phenoxy) is 4. The number of piperazine rings is 1. The van der Waals surface area contributed by atoms with Crippen molar-refractivity contribution >= 4 is 34.8 Å². The lowest BCUT2D eigenvalue weighted by atomic mass is 10.2. The molecule has 1 saturated heterocycles. The molecule has 1 aliphatic heterocycles. The van der Waals surface area contributed by atoms with Crippen LogP contribution in [-0.2, 0) is 27.5 Å². The predicted octanol–water partition coefficient (Wildman–Crippen LogP) is 5.76. The molecule has 0 radical (unpaired) electrons. The number of nitrogens with zero attached hydrogens (tertiary/aromatic N) is 1. The lowest BCUT2D eigenvalue weighted by molar-refractivity contribution is -0.118. The van der Waals surface area contributed by atoms with Crippen LogP contribution in [0.4, 0.5) is 5.69 Å². The highest BCUT2D eigenvalue weighted by molar-refractivity contribution is 6.35. The maximum atomic E-state index is 11.9. The van der Waals surface area contributed by atoms with E-state index in [1.54, 1.807) is 31.3 Å². The summed E-state index contributed by atoms with van der Waals surface area (Å²) in [5.41, 5.74) is 2.80. The molecular weight excluding hydrogens is 527 g/mol. The standard InChI is InChI=1S/C21H26N2O4.C8H8Cl2O/c1-25-20-6-3-2-5-17(20)16-26-13-4-14-27-19-9-7-18(8-10-19)23-12-11-22-15-21(23)24;1-11-5-6-7(9)3-2-4-8(6)10/h2-3,5-10,22H,4,11-16H2,1H3;2-4H,5H2,1H3. The van der Waals surface area contributed by atoms with Gasteiger partial charge in [-0.05, 0) is 42.5 Å². The van der Waals surface area contributed by atoms with Crippen LogP contribution in [0.1, 0.15) is 17.5 Å². The number of nitrogens with one attached hydrogen (secondary N) is 1. The van der Waals surface area contributed by atoms with Crippen molar-refractivity contribution in [2.24, 2.45) is 0 Å². The number of amides is 1. The van der Waals surface area contributed by atoms with Gasteiger partial charge in [0, 0.05) is 53.5 Å². The van der Waals surface area contributed by atoms with Crippen LogP contribution in [0.2, 0.25) is 10.0 Å². The van der Waals surface area contributed by atoms with Crippen molar-refractivity contribution in [1.29, 1.82) is 0 Å². The molecule has 0 spiro atoms. The summed E-state index contributed by atoms with van der Waals surface area (Å²) in [6.45, 7) is 4.09. The van der Waals surface area contributed by atoms with Crippen molar-refractivity contribution in [2.45, 2.75) is 19.6 Å². The highest BCUT2D eigenvalue weighted by Gasteiger charge is 2.18. The number of anilines is 1. The Kier molecular flexibility index (Phi) is 12.7. The van der Waals surface area contributed by atoms with Crippen molar-refractivity contribution in [3.63, 3.8) is 0 Å². The summed E-state index contributed by atoms with van der Waals surface area (Å²) in [6, 6.07) is 20.9. The molecule has 1 fully saturated rings. The van der Waals surface area contributed by atoms with Crippen LogP contribution >= 0.6 is 23.2 Å². The quantitative estimate of drug-likeness (QED) is 0.301. The van der Waals surface area contributed by atoms with Gasteiger partial charge < -0.3 is 29.2 Å². The molecule has 1 N–H and O–H groups in total. The van der Waals surface area contributed by atoms with Crippen molar-refractivity contribution in [3.05, 3.63) is 87.9 Å². The third-order valence-corrected chi connectivity index (χ3v) is 6.45. The Morgan fingerprint density at radius 2 is 1.63 bits per heavy atom. The fraction of sp³-hybridized carbons (Fsp3) is 0.345. The lowest BCUT2D eigenvalue weighted by Gasteiger charge is -2.27. The van der Waals surface area contributed by atoms with E-state index in [1.807, 2.05) is 54.6 Å². The first kappa shape index (κ1) is 29.7. The smallest absolute Gasteiger partial charge is 0.240 e. The normalized spacial score (nSPS) is 13.1. The van der Waals surface area contributed by atoms with Crippen LogP contribution in [0.5, 0.6) is 11.5 Å². The third kappa shape index (κ3) is 9.19. The SMILES string of the molecule is COCc1c(Cl)cccc1Cl.COc1ccccc1COCCCOc1ccc(N2CCNCC2=O)cc1. The minimum atomic E-state index is 0.0992. The van der Waals surface area contributed by atoms with E-state index in [0.29, 0.717) is 49.6 Å². The summed E-state index contributed by atoms with van der Waals surface area (Å²) < 4.78 is 21.7. The van der Waals surface area contributed by atoms with E-state index in [9.17, 15) is 4.79 Å². The number of rotatable bonds is 11. The number of benzene rings is 3. The molecule has 0 aliphatic carbocycles. The van der Waals surface area contributed by atoms with Gasteiger partial charge in [-0.2, -0.15) is 0 Å². The molecule has 4 rings (SSSR count). The Bertz CT molecular complexity index is 1120. The van der Waals surface area contributed by atoms with Gasteiger partial charge in [-0.25, -0.2) is 0 Å². The summed E-state index contributed by atoms with van der Waals surface area (Å²) in [4.78, 5) is 13.7. The van der Waals surface area contributed by atoms with E-state index in [0.717, 1.165) is 41.3 Å². The second-order valence-electron chi connectivity index (χ2n) is 8.42. The summed E-state index contributed by atoms with van der Waals surface area (Å²) in [5, 5.41) is 4.38. The van der Waals surface area contributed by atoms with Crippen LogP contribution < -0.4 is 19.7 Å². The molecular formula is C29H34Cl2N2O5. The van der Waals surface area contributed by atoms with Gasteiger partial charge in [-0.1, -0.05) is 47.5 Å². The van der Waals surface area contributed by atoms with E-state index in [1.165, 1.54) is 0 Å². The van der Waals surface area contributed by atoms with E-state index >= 15 is 0 Å². The molecule has 3 aromatic carbocycles. The van der Waals surface area contributed by atoms with Crippen molar-refractivity contribution in [3.8, 4) is 11.5 Å². The Hall–Kier alpha value is -2.81. The van der Waals surface area contributed by atoms with Crippen LogP contribution in [0, 0.1) is 0 Å². The van der Waals surface area contributed by atoms with Gasteiger partial charge >= 0.3 is 0 Å². The van der Waals surface area contributed by atoms with Gasteiger partial charge in [0.25, 0.3) is 0 Å². The second-order valence-corrected chi connectivity index (χ2v) is 9.23. The first-order valence-corrected chi connectivity index (χ1v) is 13.1. The molecule has 7 nitrogen and oxygen atoms in total. The van der Waals surface area contributed by atoms with Crippen molar-refractivity contribution in [2.75, 3.05) is 52.0 Å². The highest BCUT2D eigenvalue weighted by Crippen LogP contribution is 2.24. The summed E-state index contributed by atoms with van der Waals surface area (Å²) in [7, 11) is 3.27. The minimum absolute atomic E-state index is 0.0992. The maximum absolute atomic E-state index is 11.9. The van der Waals surface area contributed by atoms with E-state index in [4.69, 9.17) is 42.1 Å². The Labute approximate surface area is 234 Å². The zero-order chi connectivity index (χ0) is 27.2. The maximum Gasteiger partial charge on any atom is 0.240 e. The van der Waals surface area contributed by atoms with Crippen LogP contribution in [0.15, 0.2) is 66.7 Å². The average Bonchev–Trinajstić information content (AvgIpc) is 2.94. The molecule has 38 heavy (non-hydrogen) atoms. The fourth-order valence-electron chi connectivity index (χ4n) is 3.77. The van der Waals surface area contributed by atoms with Crippen LogP contribution in [0.3, 0.4) is 0 Å². The second kappa shape index (κ2) is 16.2. The molecule has 0 saturated carbocycles. The topological polar surface area (TPSA) is 69.3 Å². The fourth-order valence-corrected chi connectivity index (χ4v) is 4.28. The Balaban J connectivity index is 0.000000304. The van der Waals surface area contributed by atoms with Gasteiger partial charge in [0.05, 0.1) is 40.1 Å². The van der Waals surface area contributed by atoms with E-state index in [-0.39, 0.29) is 5.91 Å². The van der Waals surface area contributed by atoms with Gasteiger partial charge in [0.15, 0.2) is 0 Å². The number of methoxy groups -OCH3 is 2. The molecule has 0 bridgehead atoms. The molecule has 0 aromatic heterocycles. The molecule has 0 unspecified atom stereocenters. The van der Waals surface area contributed by atoms with E-state index in [2.05, 4.69) is 5.32 Å². The number of halogens is 2. The molecule has 9 heteroatoms. The number of carbonyl (C=O) groups is 1. The Morgan fingerprint density at radius 1 is 0.895 bits per heavy atom. The zero-order valence-electron chi connectivity index (χ0n) is 21.8. The molecule has 1 aliphatic rings. The number of para-hydroxylation sites is 1. The number of carbonyl (C=O) groups excluding carboxylic acids is 1. The minimum Gasteiger partial charge on any atom is -0.496 e. The molecule has 3 aromatic rings. The third-order valence-electron chi connectivity index (χ3n) is 5.74. The molecule has 1 heterocycles. The van der Waals surface area contributed by atoms with Gasteiger partial charge in [0.2, 0.25) is 5.91 Å². The first-order valence-electron chi connectivity index (χ1n) is 12.4. The lowest BCUT2D eigenvalue weighted by Crippen LogP contribution is -2.48. The predicted molar refractivity (Wildman–Crippen MR) is 152 cm³/mol. The van der Waals surface area contributed by atoms with E-state index < -0.39 is 0 Å². The van der Waals surface area contributed by atoms with Gasteiger partial charge in [-0.15, -0.1) is 0 Å². The van der Waals surface area contributed by atoms with Gasteiger partial charge in [0.1, 0.15) is 11.5 Å². The monoisotopic (exact) mass is 560 g/mol. The summed E-state index contributed by atoms with van der Waals surface area (Å²) in [5.74, 6) is 1.74. The van der Waals surface area contributed by atoms with Crippen LogP contribution in [-0.4, -0.2) is 53.0 Å². The zero-order valence-corrected chi connectivity index (χ0v) is 23.3. The average molecular weight is 562 g/mol. The molecule has 1 amide bonds. The summed E-state index contributed by atoms with van der Waals surface area (Å²) >= 11 is 11.7. The molecule has 204 valence electrons. The van der Waals surface area contributed by atoms with Crippen molar-refractivity contribution in [1.82, 2.24) is 5.32 Å². The van der Waals surface area contributed by atoms with Crippen LogP contribution in [0.25, 0.3) is 0 Å². The molecule has 0 atom stereocenters. The summed E-state index contributed by atoms with van der Waals surface area (Å²) in [6.07, 6.45) is 0.799. The van der Waals surface area contributed by atoms with Gasteiger partial charge in [-0.3, -0.25) is 4.79 Å². The highest BCUT2D eigenvalue weighted by atomic mass is 35.5.